The Morgan fingerprint density at radius 2 is 1.65 bits per heavy atom. The maximum absolute atomic E-state index is 11.4. The first-order valence-electron chi connectivity index (χ1n) is 7.15. The Labute approximate surface area is 134 Å². The Bertz CT molecular complexity index is 758. The fourth-order valence-corrected chi connectivity index (χ4v) is 4.80. The summed E-state index contributed by atoms with van der Waals surface area (Å²) in [5.74, 6) is -2.46. The van der Waals surface area contributed by atoms with Gasteiger partial charge in [-0.2, -0.15) is 0 Å². The normalized spacial score (nSPS) is 16.6. The van der Waals surface area contributed by atoms with Crippen LogP contribution in [-0.4, -0.2) is 28.3 Å². The second-order valence-corrected chi connectivity index (χ2v) is 7.09. The highest BCUT2D eigenvalue weighted by atomic mass is 31.1. The Kier molecular flexibility index (Phi) is 4.30. The summed E-state index contributed by atoms with van der Waals surface area (Å²) >= 11 is 0. The number of benzene rings is 2. The van der Waals surface area contributed by atoms with Gasteiger partial charge in [0.05, 0.1) is 12.3 Å². The molecule has 2 N–H and O–H groups in total. The topological polar surface area (TPSA) is 83.8 Å². The van der Waals surface area contributed by atoms with Crippen LogP contribution in [0.15, 0.2) is 48.5 Å². The van der Waals surface area contributed by atoms with E-state index in [1.165, 1.54) is 0 Å². The van der Waals surface area contributed by atoms with E-state index in [1.807, 2.05) is 48.5 Å². The lowest BCUT2D eigenvalue weighted by molar-refractivity contribution is -0.147. The molecular formula is C17H15O5P. The van der Waals surface area contributed by atoms with Crippen LogP contribution in [-0.2, 0) is 9.59 Å². The van der Waals surface area contributed by atoms with E-state index in [4.69, 9.17) is 9.63 Å². The van der Waals surface area contributed by atoms with E-state index < -0.39 is 32.4 Å². The first kappa shape index (κ1) is 15.5. The number of carbonyl (C=O) groups is 2. The van der Waals surface area contributed by atoms with Gasteiger partial charge in [0, 0.05) is 17.0 Å². The molecule has 3 rings (SSSR count). The molecular weight excluding hydrogens is 315 g/mol. The number of hydrogen-bond donors (Lipinski definition) is 2. The Morgan fingerprint density at radius 3 is 2.35 bits per heavy atom. The van der Waals surface area contributed by atoms with Crippen molar-refractivity contribution in [1.29, 1.82) is 0 Å². The number of fused-ring (bicyclic) bond motifs is 3. The number of carboxylic acid groups (broad SMARTS) is 2. The van der Waals surface area contributed by atoms with Crippen LogP contribution in [0.2, 0.25) is 0 Å². The summed E-state index contributed by atoms with van der Waals surface area (Å²) in [7, 11) is -1.22. The molecule has 23 heavy (non-hydrogen) atoms. The molecule has 0 amide bonds. The molecule has 2 aromatic carbocycles. The molecule has 118 valence electrons. The average molecular weight is 330 g/mol. The van der Waals surface area contributed by atoms with Gasteiger partial charge in [0.1, 0.15) is 13.9 Å². The van der Waals surface area contributed by atoms with E-state index in [0.29, 0.717) is 0 Å². The van der Waals surface area contributed by atoms with Gasteiger partial charge in [0.15, 0.2) is 0 Å². The Balaban J connectivity index is 1.95. The Hall–Kier alpha value is -2.39. The zero-order valence-corrected chi connectivity index (χ0v) is 13.1. The minimum absolute atomic E-state index is 0.183. The second kappa shape index (κ2) is 6.39. The van der Waals surface area contributed by atoms with Crippen molar-refractivity contribution in [2.45, 2.75) is 6.42 Å². The Morgan fingerprint density at radius 1 is 1.00 bits per heavy atom. The van der Waals surface area contributed by atoms with Crippen molar-refractivity contribution in [3.05, 3.63) is 48.5 Å². The molecule has 0 aromatic heterocycles. The van der Waals surface area contributed by atoms with Crippen molar-refractivity contribution < 1.29 is 24.3 Å². The van der Waals surface area contributed by atoms with Crippen LogP contribution in [0.4, 0.5) is 0 Å². The molecule has 2 unspecified atom stereocenters. The molecule has 0 fully saturated rings. The van der Waals surface area contributed by atoms with Crippen LogP contribution in [0.5, 0.6) is 5.75 Å². The lowest BCUT2D eigenvalue weighted by Gasteiger charge is -2.29. The van der Waals surface area contributed by atoms with Crippen LogP contribution in [0.3, 0.4) is 0 Å². The quantitative estimate of drug-likeness (QED) is 0.824. The lowest BCUT2D eigenvalue weighted by Crippen LogP contribution is -2.25. The summed E-state index contributed by atoms with van der Waals surface area (Å²) in [6.45, 7) is 0. The molecule has 2 aromatic rings. The molecule has 2 atom stereocenters. The largest absolute Gasteiger partial charge is 0.481 e. The molecule has 5 nitrogen and oxygen atoms in total. The number of aliphatic carboxylic acids is 2. The second-order valence-electron chi connectivity index (χ2n) is 5.30. The van der Waals surface area contributed by atoms with Crippen LogP contribution < -0.4 is 9.83 Å². The third kappa shape index (κ3) is 3.20. The number of carboxylic acids is 2. The molecule has 1 aliphatic heterocycles. The summed E-state index contributed by atoms with van der Waals surface area (Å²) in [6.07, 6.45) is -0.219. The SMILES string of the molecule is O=C(O)CC(CP1Oc2ccccc2-c2ccccc21)C(=O)O. The highest BCUT2D eigenvalue weighted by Gasteiger charge is 2.32. The van der Waals surface area contributed by atoms with E-state index in [-0.39, 0.29) is 6.16 Å². The van der Waals surface area contributed by atoms with Gasteiger partial charge in [-0.3, -0.25) is 9.59 Å². The molecule has 0 saturated carbocycles. The molecule has 0 spiro atoms. The number of rotatable bonds is 5. The fourth-order valence-electron chi connectivity index (χ4n) is 2.63. The first-order chi connectivity index (χ1) is 11.1. The fraction of sp³-hybridized carbons (Fsp3) is 0.176. The average Bonchev–Trinajstić information content (AvgIpc) is 2.54. The maximum Gasteiger partial charge on any atom is 0.307 e. The standard InChI is InChI=1S/C17H15O5P/c18-16(19)9-11(17(20)21)10-23-15-8-4-2-6-13(15)12-5-1-3-7-14(12)22-23/h1-8,11H,9-10H2,(H,18,19)(H,20,21). The van der Waals surface area contributed by atoms with E-state index in [1.54, 1.807) is 0 Å². The predicted molar refractivity (Wildman–Crippen MR) is 87.3 cm³/mol. The van der Waals surface area contributed by atoms with Crippen molar-refractivity contribution in [3.63, 3.8) is 0 Å². The van der Waals surface area contributed by atoms with Gasteiger partial charge in [0.25, 0.3) is 0 Å². The van der Waals surface area contributed by atoms with Crippen LogP contribution in [0.1, 0.15) is 6.42 Å². The summed E-state index contributed by atoms with van der Waals surface area (Å²) in [5, 5.41) is 19.2. The van der Waals surface area contributed by atoms with Gasteiger partial charge in [-0.25, -0.2) is 0 Å². The van der Waals surface area contributed by atoms with E-state index in [0.717, 1.165) is 22.2 Å². The molecule has 6 heteroatoms. The third-order valence-corrected chi connectivity index (χ3v) is 5.83. The van der Waals surface area contributed by atoms with Crippen molar-refractivity contribution >= 4 is 25.4 Å². The van der Waals surface area contributed by atoms with Crippen LogP contribution >= 0.6 is 8.15 Å². The maximum atomic E-state index is 11.4. The van der Waals surface area contributed by atoms with E-state index >= 15 is 0 Å². The number of para-hydroxylation sites is 1. The van der Waals surface area contributed by atoms with Gasteiger partial charge >= 0.3 is 11.9 Å². The van der Waals surface area contributed by atoms with E-state index in [2.05, 4.69) is 0 Å². The zero-order valence-electron chi connectivity index (χ0n) is 12.2. The molecule has 1 aliphatic rings. The summed E-state index contributed by atoms with van der Waals surface area (Å²) in [6, 6.07) is 15.3. The number of hydrogen-bond acceptors (Lipinski definition) is 3. The minimum atomic E-state index is -1.22. The monoisotopic (exact) mass is 330 g/mol. The van der Waals surface area contributed by atoms with Gasteiger partial charge < -0.3 is 14.7 Å². The van der Waals surface area contributed by atoms with E-state index in [9.17, 15) is 14.7 Å². The van der Waals surface area contributed by atoms with Crippen molar-refractivity contribution in [2.75, 3.05) is 6.16 Å². The third-order valence-electron chi connectivity index (χ3n) is 3.71. The molecule has 0 bridgehead atoms. The van der Waals surface area contributed by atoms with Crippen LogP contribution in [0.25, 0.3) is 11.1 Å². The van der Waals surface area contributed by atoms with Crippen molar-refractivity contribution in [2.24, 2.45) is 5.92 Å². The lowest BCUT2D eigenvalue weighted by atomic mass is 10.0. The minimum Gasteiger partial charge on any atom is -0.481 e. The summed E-state index contributed by atoms with van der Waals surface area (Å²) < 4.78 is 6.03. The molecule has 0 aliphatic carbocycles. The smallest absolute Gasteiger partial charge is 0.307 e. The van der Waals surface area contributed by atoms with Gasteiger partial charge in [-0.15, -0.1) is 0 Å². The highest BCUT2D eigenvalue weighted by molar-refractivity contribution is 7.61. The molecule has 1 heterocycles. The van der Waals surface area contributed by atoms with Gasteiger partial charge in [-0.1, -0.05) is 42.5 Å². The van der Waals surface area contributed by atoms with Crippen LogP contribution in [0, 0.1) is 5.92 Å². The predicted octanol–water partition coefficient (Wildman–Crippen LogP) is 2.94. The molecule has 0 saturated heterocycles. The van der Waals surface area contributed by atoms with Crippen molar-refractivity contribution in [3.8, 4) is 16.9 Å². The highest BCUT2D eigenvalue weighted by Crippen LogP contribution is 2.49. The zero-order chi connectivity index (χ0) is 16.4. The molecule has 0 radical (unpaired) electrons. The first-order valence-corrected chi connectivity index (χ1v) is 8.59. The summed E-state index contributed by atoms with van der Waals surface area (Å²) in [4.78, 5) is 22.3. The summed E-state index contributed by atoms with van der Waals surface area (Å²) in [5.41, 5.74) is 2.01. The van der Waals surface area contributed by atoms with Gasteiger partial charge in [-0.05, 0) is 11.6 Å². The van der Waals surface area contributed by atoms with Crippen molar-refractivity contribution in [1.82, 2.24) is 0 Å². The van der Waals surface area contributed by atoms with Gasteiger partial charge in [0.2, 0.25) is 0 Å².